The molecule has 22 heavy (non-hydrogen) atoms. The van der Waals surface area contributed by atoms with Crippen LogP contribution in [-0.4, -0.2) is 35.3 Å². The van der Waals surface area contributed by atoms with Crippen molar-refractivity contribution >= 4 is 23.4 Å². The fraction of sp³-hybridized carbons (Fsp3) is 0.333. The number of rotatable bonds is 3. The summed E-state index contributed by atoms with van der Waals surface area (Å²) >= 11 is 6.07. The highest BCUT2D eigenvalue weighted by Gasteiger charge is 2.28. The average Bonchev–Trinajstić information content (AvgIpc) is 3.11. The lowest BCUT2D eigenvalue weighted by atomic mass is 10.3. The molecule has 1 aliphatic heterocycles. The first-order valence-corrected chi connectivity index (χ1v) is 7.40. The van der Waals surface area contributed by atoms with Crippen molar-refractivity contribution in [3.05, 3.63) is 41.1 Å². The first kappa shape index (κ1) is 14.7. The number of aromatic nitrogens is 1. The Kier molecular flexibility index (Phi) is 4.20. The van der Waals surface area contributed by atoms with Crippen LogP contribution in [0.25, 0.3) is 0 Å². The molecule has 1 saturated heterocycles. The number of aryl methyl sites for hydroxylation is 1. The number of ether oxygens (including phenoxy) is 1. The van der Waals surface area contributed by atoms with E-state index < -0.39 is 0 Å². The molecule has 7 heteroatoms. The zero-order chi connectivity index (χ0) is 15.5. The summed E-state index contributed by atoms with van der Waals surface area (Å²) in [5, 5.41) is 7.02. The second-order valence-electron chi connectivity index (χ2n) is 5.16. The number of hydrogen-bond acceptors (Lipinski definition) is 4. The molecule has 0 bridgehead atoms. The standard InChI is InChI=1S/C15H16ClN3O3/c1-10-8-14(18-22-10)17-15(20)19-7-6-11(9-19)21-13-5-3-2-4-12(13)16/h2-5,8,11H,6-7,9H2,1H3,(H,17,18,20)/t11-/m0/s1. The summed E-state index contributed by atoms with van der Waals surface area (Å²) in [6.07, 6.45) is 0.695. The van der Waals surface area contributed by atoms with Crippen LogP contribution in [0.1, 0.15) is 12.2 Å². The molecule has 1 N–H and O–H groups in total. The van der Waals surface area contributed by atoms with Crippen molar-refractivity contribution in [2.75, 3.05) is 18.4 Å². The van der Waals surface area contributed by atoms with Crippen molar-refractivity contribution in [1.82, 2.24) is 10.1 Å². The van der Waals surface area contributed by atoms with E-state index >= 15 is 0 Å². The first-order valence-electron chi connectivity index (χ1n) is 7.02. The molecule has 0 spiro atoms. The third-order valence-electron chi connectivity index (χ3n) is 3.43. The monoisotopic (exact) mass is 321 g/mol. The van der Waals surface area contributed by atoms with E-state index in [1.54, 1.807) is 24.0 Å². The van der Waals surface area contributed by atoms with Crippen molar-refractivity contribution in [2.24, 2.45) is 0 Å². The Morgan fingerprint density at radius 2 is 2.32 bits per heavy atom. The fourth-order valence-corrected chi connectivity index (χ4v) is 2.52. The van der Waals surface area contributed by atoms with Gasteiger partial charge in [-0.1, -0.05) is 28.9 Å². The molecule has 1 aromatic heterocycles. The minimum atomic E-state index is -0.210. The number of likely N-dealkylation sites (tertiary alicyclic amines) is 1. The smallest absolute Gasteiger partial charge is 0.323 e. The molecule has 1 atom stereocenters. The number of nitrogens with zero attached hydrogens (tertiary/aromatic N) is 2. The van der Waals surface area contributed by atoms with E-state index in [0.29, 0.717) is 35.4 Å². The Labute approximate surface area is 133 Å². The normalized spacial score (nSPS) is 17.5. The average molecular weight is 322 g/mol. The molecule has 0 aliphatic carbocycles. The SMILES string of the molecule is Cc1cc(NC(=O)N2CC[C@H](Oc3ccccc3Cl)C2)no1. The molecule has 116 valence electrons. The number of para-hydroxylation sites is 1. The summed E-state index contributed by atoms with van der Waals surface area (Å²) in [4.78, 5) is 13.8. The molecule has 1 aliphatic rings. The third kappa shape index (κ3) is 3.33. The van der Waals surface area contributed by atoms with Crippen LogP contribution in [-0.2, 0) is 0 Å². The maximum Gasteiger partial charge on any atom is 0.323 e. The van der Waals surface area contributed by atoms with Crippen LogP contribution in [0, 0.1) is 6.92 Å². The summed E-state index contributed by atoms with van der Waals surface area (Å²) in [7, 11) is 0. The summed E-state index contributed by atoms with van der Waals surface area (Å²) in [6, 6.07) is 8.79. The highest BCUT2D eigenvalue weighted by Crippen LogP contribution is 2.26. The molecule has 1 fully saturated rings. The number of urea groups is 1. The van der Waals surface area contributed by atoms with Gasteiger partial charge in [0.25, 0.3) is 0 Å². The fourth-order valence-electron chi connectivity index (χ4n) is 2.34. The van der Waals surface area contributed by atoms with Crippen molar-refractivity contribution in [3.63, 3.8) is 0 Å². The number of halogens is 1. The maximum absolute atomic E-state index is 12.1. The summed E-state index contributed by atoms with van der Waals surface area (Å²) in [5.74, 6) is 1.71. The molecule has 1 aromatic carbocycles. The van der Waals surface area contributed by atoms with Crippen LogP contribution in [0.4, 0.5) is 10.6 Å². The number of nitrogens with one attached hydrogen (secondary N) is 1. The Bertz CT molecular complexity index is 674. The summed E-state index contributed by atoms with van der Waals surface area (Å²) < 4.78 is 10.8. The molecule has 0 radical (unpaired) electrons. The third-order valence-corrected chi connectivity index (χ3v) is 3.74. The van der Waals surface area contributed by atoms with Crippen LogP contribution in [0.3, 0.4) is 0 Å². The summed E-state index contributed by atoms with van der Waals surface area (Å²) in [5.41, 5.74) is 0. The number of anilines is 1. The molecule has 2 aromatic rings. The molecular weight excluding hydrogens is 306 g/mol. The van der Waals surface area contributed by atoms with Gasteiger partial charge in [-0.05, 0) is 19.1 Å². The lowest BCUT2D eigenvalue weighted by Crippen LogP contribution is -2.34. The zero-order valence-electron chi connectivity index (χ0n) is 12.1. The van der Waals surface area contributed by atoms with E-state index in [1.807, 2.05) is 18.2 Å². The van der Waals surface area contributed by atoms with Gasteiger partial charge in [0.15, 0.2) is 5.82 Å². The second-order valence-corrected chi connectivity index (χ2v) is 5.57. The molecule has 6 nitrogen and oxygen atoms in total. The van der Waals surface area contributed by atoms with Crippen LogP contribution in [0.15, 0.2) is 34.9 Å². The summed E-state index contributed by atoms with van der Waals surface area (Å²) in [6.45, 7) is 2.90. The second kappa shape index (κ2) is 6.27. The predicted molar refractivity (Wildman–Crippen MR) is 82.3 cm³/mol. The molecule has 2 amide bonds. The minimum absolute atomic E-state index is 0.0651. The van der Waals surface area contributed by atoms with Gasteiger partial charge in [-0.3, -0.25) is 5.32 Å². The Morgan fingerprint density at radius 3 is 3.05 bits per heavy atom. The van der Waals surface area contributed by atoms with Gasteiger partial charge in [0.1, 0.15) is 17.6 Å². The highest BCUT2D eigenvalue weighted by molar-refractivity contribution is 6.32. The number of hydrogen-bond donors (Lipinski definition) is 1. The van der Waals surface area contributed by atoms with Crippen molar-refractivity contribution in [2.45, 2.75) is 19.4 Å². The van der Waals surface area contributed by atoms with E-state index in [2.05, 4.69) is 10.5 Å². The Hall–Kier alpha value is -2.21. The van der Waals surface area contributed by atoms with Crippen molar-refractivity contribution in [1.29, 1.82) is 0 Å². The van der Waals surface area contributed by atoms with E-state index in [0.717, 1.165) is 6.42 Å². The van der Waals surface area contributed by atoms with Gasteiger partial charge < -0.3 is 14.2 Å². The number of carbonyl (C=O) groups excluding carboxylic acids is 1. The van der Waals surface area contributed by atoms with Gasteiger partial charge in [-0.2, -0.15) is 0 Å². The molecule has 3 rings (SSSR count). The van der Waals surface area contributed by atoms with E-state index in [-0.39, 0.29) is 12.1 Å². The predicted octanol–water partition coefficient (Wildman–Crippen LogP) is 3.32. The van der Waals surface area contributed by atoms with Gasteiger partial charge in [-0.15, -0.1) is 0 Å². The van der Waals surface area contributed by atoms with Gasteiger partial charge >= 0.3 is 6.03 Å². The highest BCUT2D eigenvalue weighted by atomic mass is 35.5. The molecule has 0 unspecified atom stereocenters. The van der Waals surface area contributed by atoms with Crippen molar-refractivity contribution in [3.8, 4) is 5.75 Å². The quantitative estimate of drug-likeness (QED) is 0.941. The number of benzene rings is 1. The van der Waals surface area contributed by atoms with E-state index in [9.17, 15) is 4.79 Å². The molecule has 2 heterocycles. The first-order chi connectivity index (χ1) is 10.6. The van der Waals surface area contributed by atoms with Crippen molar-refractivity contribution < 1.29 is 14.1 Å². The molecule has 0 saturated carbocycles. The largest absolute Gasteiger partial charge is 0.487 e. The van der Waals surface area contributed by atoms with Gasteiger partial charge in [0, 0.05) is 19.0 Å². The number of amides is 2. The lowest BCUT2D eigenvalue weighted by molar-refractivity contribution is 0.195. The topological polar surface area (TPSA) is 67.6 Å². The van der Waals surface area contributed by atoms with Crippen LogP contribution < -0.4 is 10.1 Å². The van der Waals surface area contributed by atoms with Gasteiger partial charge in [0.2, 0.25) is 0 Å². The van der Waals surface area contributed by atoms with E-state index in [4.69, 9.17) is 20.9 Å². The Morgan fingerprint density at radius 1 is 1.50 bits per heavy atom. The minimum Gasteiger partial charge on any atom is -0.487 e. The maximum atomic E-state index is 12.1. The Balaban J connectivity index is 1.55. The van der Waals surface area contributed by atoms with Gasteiger partial charge in [0.05, 0.1) is 11.6 Å². The lowest BCUT2D eigenvalue weighted by Gasteiger charge is -2.17. The zero-order valence-corrected chi connectivity index (χ0v) is 12.8. The van der Waals surface area contributed by atoms with E-state index in [1.165, 1.54) is 0 Å². The van der Waals surface area contributed by atoms with Crippen LogP contribution >= 0.6 is 11.6 Å². The molecular formula is C15H16ClN3O3. The number of carbonyl (C=O) groups is 1. The van der Waals surface area contributed by atoms with Gasteiger partial charge in [-0.25, -0.2) is 4.79 Å². The van der Waals surface area contributed by atoms with Crippen LogP contribution in [0.2, 0.25) is 5.02 Å². The van der Waals surface area contributed by atoms with Crippen LogP contribution in [0.5, 0.6) is 5.75 Å².